The SMILES string of the molecule is CCCO[C@@H]1C[C@H]([C@@H](O[Si](C)(C)C(C)(C)C)[C@@H](N)Cc2cc(F)cc(F)c2)N(C(C)(C)C)C1. The lowest BCUT2D eigenvalue weighted by molar-refractivity contribution is 0.0173. The van der Waals surface area contributed by atoms with Gasteiger partial charge in [0.2, 0.25) is 0 Å². The van der Waals surface area contributed by atoms with Gasteiger partial charge >= 0.3 is 0 Å². The molecule has 1 aliphatic rings. The molecule has 4 atom stereocenters. The summed E-state index contributed by atoms with van der Waals surface area (Å²) in [7, 11) is -2.17. The number of likely N-dealkylation sites (tertiary alicyclic amines) is 1. The average molecular weight is 485 g/mol. The van der Waals surface area contributed by atoms with E-state index >= 15 is 0 Å². The van der Waals surface area contributed by atoms with Gasteiger partial charge in [-0.15, -0.1) is 0 Å². The van der Waals surface area contributed by atoms with Crippen molar-refractivity contribution in [3.63, 3.8) is 0 Å². The summed E-state index contributed by atoms with van der Waals surface area (Å²) in [4.78, 5) is 2.46. The van der Waals surface area contributed by atoms with E-state index in [-0.39, 0.29) is 28.8 Å². The molecule has 1 aromatic rings. The predicted octanol–water partition coefficient (Wildman–Crippen LogP) is 5.89. The number of ether oxygens (including phenoxy) is 1. The van der Waals surface area contributed by atoms with E-state index in [0.717, 1.165) is 32.1 Å². The van der Waals surface area contributed by atoms with Crippen molar-refractivity contribution in [2.24, 2.45) is 5.73 Å². The van der Waals surface area contributed by atoms with Gasteiger partial charge in [0.05, 0.1) is 12.2 Å². The molecule has 0 radical (unpaired) electrons. The first kappa shape index (κ1) is 28.4. The van der Waals surface area contributed by atoms with Gasteiger partial charge in [-0.3, -0.25) is 4.90 Å². The molecule has 1 saturated heterocycles. The molecular formula is C26H46F2N2O2Si. The second kappa shape index (κ2) is 10.8. The first-order chi connectivity index (χ1) is 15.0. The molecule has 0 amide bonds. The third-order valence-electron chi connectivity index (χ3n) is 7.16. The van der Waals surface area contributed by atoms with Crippen molar-refractivity contribution in [2.75, 3.05) is 13.2 Å². The molecule has 33 heavy (non-hydrogen) atoms. The van der Waals surface area contributed by atoms with Crippen LogP contribution in [0.3, 0.4) is 0 Å². The number of benzene rings is 1. The molecule has 2 N–H and O–H groups in total. The van der Waals surface area contributed by atoms with Crippen LogP contribution in [-0.4, -0.2) is 56.2 Å². The lowest BCUT2D eigenvalue weighted by Crippen LogP contribution is -2.59. The molecule has 7 heteroatoms. The molecule has 1 aliphatic heterocycles. The van der Waals surface area contributed by atoms with Crippen LogP contribution in [0, 0.1) is 11.6 Å². The number of nitrogens with zero attached hydrogens (tertiary/aromatic N) is 1. The van der Waals surface area contributed by atoms with Crippen LogP contribution in [0.15, 0.2) is 18.2 Å². The van der Waals surface area contributed by atoms with Gasteiger partial charge in [0.15, 0.2) is 8.32 Å². The highest BCUT2D eigenvalue weighted by molar-refractivity contribution is 6.74. The normalized spacial score (nSPS) is 22.5. The Balaban J connectivity index is 2.41. The van der Waals surface area contributed by atoms with Gasteiger partial charge in [0.25, 0.3) is 0 Å². The Morgan fingerprint density at radius 1 is 1.09 bits per heavy atom. The zero-order chi connectivity index (χ0) is 25.2. The largest absolute Gasteiger partial charge is 0.411 e. The minimum Gasteiger partial charge on any atom is -0.411 e. The summed E-state index contributed by atoms with van der Waals surface area (Å²) in [5.41, 5.74) is 7.29. The van der Waals surface area contributed by atoms with Crippen molar-refractivity contribution < 1.29 is 17.9 Å². The monoisotopic (exact) mass is 484 g/mol. The van der Waals surface area contributed by atoms with E-state index < -0.39 is 26.0 Å². The van der Waals surface area contributed by atoms with E-state index in [4.69, 9.17) is 14.9 Å². The number of hydrogen-bond donors (Lipinski definition) is 1. The first-order valence-electron chi connectivity index (χ1n) is 12.3. The van der Waals surface area contributed by atoms with Crippen molar-refractivity contribution >= 4 is 8.32 Å². The molecule has 0 aromatic heterocycles. The third kappa shape index (κ3) is 7.56. The van der Waals surface area contributed by atoms with Crippen LogP contribution in [-0.2, 0) is 15.6 Å². The first-order valence-corrected chi connectivity index (χ1v) is 15.2. The molecule has 0 aliphatic carbocycles. The molecule has 2 rings (SSSR count). The van der Waals surface area contributed by atoms with Gasteiger partial charge in [-0.2, -0.15) is 0 Å². The van der Waals surface area contributed by atoms with Crippen LogP contribution in [0.4, 0.5) is 8.78 Å². The molecule has 1 aromatic carbocycles. The summed E-state index contributed by atoms with van der Waals surface area (Å²) in [6.45, 7) is 21.4. The highest BCUT2D eigenvalue weighted by Crippen LogP contribution is 2.40. The van der Waals surface area contributed by atoms with Crippen LogP contribution in [0.25, 0.3) is 0 Å². The molecule has 0 unspecified atom stereocenters. The van der Waals surface area contributed by atoms with E-state index in [1.807, 2.05) is 0 Å². The highest BCUT2D eigenvalue weighted by Gasteiger charge is 2.48. The molecule has 1 heterocycles. The predicted molar refractivity (Wildman–Crippen MR) is 135 cm³/mol. The Kier molecular flexibility index (Phi) is 9.30. The lowest BCUT2D eigenvalue weighted by atomic mass is 9.93. The Hall–Kier alpha value is -0.863. The fourth-order valence-corrected chi connectivity index (χ4v) is 5.77. The summed E-state index contributed by atoms with van der Waals surface area (Å²) in [5.74, 6) is -1.16. The van der Waals surface area contributed by atoms with Gasteiger partial charge in [-0.1, -0.05) is 27.7 Å². The van der Waals surface area contributed by atoms with E-state index in [1.165, 1.54) is 12.1 Å². The number of halogens is 2. The second-order valence-electron chi connectivity index (χ2n) is 12.1. The smallest absolute Gasteiger partial charge is 0.192 e. The minimum absolute atomic E-state index is 0.0131. The second-order valence-corrected chi connectivity index (χ2v) is 16.9. The summed E-state index contributed by atoms with van der Waals surface area (Å²) in [5, 5.41) is 0.0131. The van der Waals surface area contributed by atoms with Crippen molar-refractivity contribution in [3.05, 3.63) is 35.4 Å². The van der Waals surface area contributed by atoms with Crippen molar-refractivity contribution in [1.29, 1.82) is 0 Å². The van der Waals surface area contributed by atoms with Crippen LogP contribution in [0.2, 0.25) is 18.1 Å². The summed E-state index contributed by atoms with van der Waals surface area (Å²) < 4.78 is 40.9. The van der Waals surface area contributed by atoms with E-state index in [0.29, 0.717) is 12.0 Å². The Labute approximate surface area is 201 Å². The maximum Gasteiger partial charge on any atom is 0.192 e. The van der Waals surface area contributed by atoms with Crippen molar-refractivity contribution in [1.82, 2.24) is 4.90 Å². The maximum absolute atomic E-state index is 13.9. The van der Waals surface area contributed by atoms with Gasteiger partial charge in [0, 0.05) is 36.8 Å². The highest BCUT2D eigenvalue weighted by atomic mass is 28.4. The minimum atomic E-state index is -2.17. The summed E-state index contributed by atoms with van der Waals surface area (Å²) in [6.07, 6.45) is 2.01. The fraction of sp³-hybridized carbons (Fsp3) is 0.769. The van der Waals surface area contributed by atoms with Crippen LogP contribution in [0.5, 0.6) is 0 Å². The van der Waals surface area contributed by atoms with Gasteiger partial charge < -0.3 is 14.9 Å². The Morgan fingerprint density at radius 3 is 2.15 bits per heavy atom. The van der Waals surface area contributed by atoms with E-state index in [1.54, 1.807) is 0 Å². The summed E-state index contributed by atoms with van der Waals surface area (Å²) in [6, 6.07) is 3.30. The molecule has 1 fully saturated rings. The fourth-order valence-electron chi connectivity index (χ4n) is 4.40. The summed E-state index contributed by atoms with van der Waals surface area (Å²) >= 11 is 0. The Morgan fingerprint density at radius 2 is 1.67 bits per heavy atom. The number of nitrogens with two attached hydrogens (primary N) is 1. The van der Waals surface area contributed by atoms with Crippen LogP contribution < -0.4 is 5.73 Å². The van der Waals surface area contributed by atoms with Gasteiger partial charge in [-0.25, -0.2) is 8.78 Å². The third-order valence-corrected chi connectivity index (χ3v) is 11.6. The number of hydrogen-bond acceptors (Lipinski definition) is 4. The lowest BCUT2D eigenvalue weighted by Gasteiger charge is -2.47. The molecular weight excluding hydrogens is 438 g/mol. The topological polar surface area (TPSA) is 47.7 Å². The van der Waals surface area contributed by atoms with Crippen LogP contribution >= 0.6 is 0 Å². The molecule has 190 valence electrons. The number of rotatable bonds is 9. The quantitative estimate of drug-likeness (QED) is 0.444. The van der Waals surface area contributed by atoms with Crippen molar-refractivity contribution in [2.45, 2.75) is 116 Å². The molecule has 0 saturated carbocycles. The zero-order valence-electron chi connectivity index (χ0n) is 22.2. The van der Waals surface area contributed by atoms with Gasteiger partial charge in [-0.05, 0) is 75.9 Å². The molecule has 0 bridgehead atoms. The van der Waals surface area contributed by atoms with Crippen molar-refractivity contribution in [3.8, 4) is 0 Å². The molecule has 0 spiro atoms. The average Bonchev–Trinajstić information content (AvgIpc) is 3.07. The maximum atomic E-state index is 13.9. The zero-order valence-corrected chi connectivity index (χ0v) is 23.2. The van der Waals surface area contributed by atoms with Crippen LogP contribution in [0.1, 0.15) is 66.9 Å². The molecule has 4 nitrogen and oxygen atoms in total. The van der Waals surface area contributed by atoms with E-state index in [9.17, 15) is 8.78 Å². The standard InChI is InChI=1S/C26H46F2N2O2Si/c1-10-11-31-21-16-23(30(17-21)25(2,3)4)24(32-33(8,9)26(5,6)7)22(29)14-18-12-19(27)15-20(28)13-18/h12-13,15,21-24H,10-11,14,16-17,29H2,1-9H3/t21-,22+,23-,24+/m1/s1. The van der Waals surface area contributed by atoms with Gasteiger partial charge in [0.1, 0.15) is 11.6 Å². The van der Waals surface area contributed by atoms with E-state index in [2.05, 4.69) is 66.5 Å². The Bertz CT molecular complexity index is 756.